The molecular formula is C18H31N3O4S. The molecule has 8 heteroatoms. The number of carbonyl (C=O) groups is 2. The predicted octanol–water partition coefficient (Wildman–Crippen LogP) is 2.82. The third-order valence-electron chi connectivity index (χ3n) is 6.48. The fourth-order valence-corrected chi connectivity index (χ4v) is 6.41. The molecule has 0 aliphatic heterocycles. The van der Waals surface area contributed by atoms with E-state index < -0.39 is 22.1 Å². The van der Waals surface area contributed by atoms with Gasteiger partial charge in [0.2, 0.25) is 10.0 Å². The number of fused-ring (bicyclic) bond motifs is 2. The van der Waals surface area contributed by atoms with E-state index in [-0.39, 0.29) is 12.1 Å². The lowest BCUT2D eigenvalue weighted by Crippen LogP contribution is -2.54. The van der Waals surface area contributed by atoms with Gasteiger partial charge in [-0.3, -0.25) is 5.32 Å². The summed E-state index contributed by atoms with van der Waals surface area (Å²) in [5.74, 6) is 1.91. The fourth-order valence-electron chi connectivity index (χ4n) is 5.31. The largest absolute Gasteiger partial charge is 0.339 e. The second-order valence-corrected chi connectivity index (χ2v) is 10.2. The van der Waals surface area contributed by atoms with E-state index in [1.165, 1.54) is 19.3 Å². The van der Waals surface area contributed by atoms with Gasteiger partial charge in [-0.05, 0) is 56.8 Å². The average molecular weight is 386 g/mol. The molecule has 3 aliphatic rings. The molecule has 0 aromatic heterocycles. The molecule has 0 aromatic rings. The minimum Gasteiger partial charge on any atom is -0.335 e. The number of imide groups is 1. The van der Waals surface area contributed by atoms with Gasteiger partial charge in [0.15, 0.2) is 0 Å². The molecule has 3 rings (SSSR count). The number of hydrogen-bond donors (Lipinski definition) is 2. The normalized spacial score (nSPS) is 30.0. The Balaban J connectivity index is 1.57. The lowest BCUT2D eigenvalue weighted by molar-refractivity contribution is 0.193. The molecule has 0 unspecified atom stereocenters. The lowest BCUT2D eigenvalue weighted by Gasteiger charge is -2.32. The van der Waals surface area contributed by atoms with Crippen LogP contribution in [0.4, 0.5) is 9.59 Å². The Hall–Kier alpha value is -1.31. The van der Waals surface area contributed by atoms with Gasteiger partial charge in [-0.1, -0.05) is 25.7 Å². The number of rotatable bonds is 4. The van der Waals surface area contributed by atoms with E-state index in [0.717, 1.165) is 42.2 Å². The summed E-state index contributed by atoms with van der Waals surface area (Å²) in [5, 5.41) is 5.09. The van der Waals surface area contributed by atoms with Gasteiger partial charge >= 0.3 is 12.1 Å². The topological polar surface area (TPSA) is 95.6 Å². The summed E-state index contributed by atoms with van der Waals surface area (Å²) in [7, 11) is -3.72. The molecule has 3 aliphatic carbocycles. The molecule has 26 heavy (non-hydrogen) atoms. The molecule has 2 N–H and O–H groups in total. The zero-order valence-electron chi connectivity index (χ0n) is 15.7. The van der Waals surface area contributed by atoms with Crippen molar-refractivity contribution in [1.82, 2.24) is 14.9 Å². The molecule has 3 fully saturated rings. The van der Waals surface area contributed by atoms with Gasteiger partial charge in [0.25, 0.3) is 0 Å². The maximum absolute atomic E-state index is 12.5. The summed E-state index contributed by atoms with van der Waals surface area (Å²) in [5.41, 5.74) is 0. The molecule has 3 saturated carbocycles. The summed E-state index contributed by atoms with van der Waals surface area (Å²) in [6, 6.07) is -1.80. The molecule has 7 nitrogen and oxygen atoms in total. The summed E-state index contributed by atoms with van der Waals surface area (Å²) in [4.78, 5) is 24.8. The summed E-state index contributed by atoms with van der Waals surface area (Å²) in [6.07, 6.45) is 10.1. The molecule has 4 amide bonds. The van der Waals surface area contributed by atoms with Gasteiger partial charge in [0, 0.05) is 12.1 Å². The van der Waals surface area contributed by atoms with Crippen LogP contribution in [0.3, 0.4) is 0 Å². The highest BCUT2D eigenvalue weighted by Gasteiger charge is 2.42. The monoisotopic (exact) mass is 385 g/mol. The van der Waals surface area contributed by atoms with Crippen LogP contribution in [0.5, 0.6) is 0 Å². The van der Waals surface area contributed by atoms with Crippen molar-refractivity contribution in [2.75, 3.05) is 6.26 Å². The Morgan fingerprint density at radius 3 is 2.27 bits per heavy atom. The number of carbonyl (C=O) groups excluding carboxylic acids is 2. The second-order valence-electron chi connectivity index (χ2n) is 8.38. The Kier molecular flexibility index (Phi) is 5.79. The van der Waals surface area contributed by atoms with E-state index in [9.17, 15) is 18.0 Å². The van der Waals surface area contributed by atoms with Crippen molar-refractivity contribution in [3.63, 3.8) is 0 Å². The second kappa shape index (κ2) is 7.74. The van der Waals surface area contributed by atoms with Crippen LogP contribution in [0.1, 0.15) is 64.7 Å². The van der Waals surface area contributed by atoms with E-state index in [2.05, 4.69) is 10.6 Å². The van der Waals surface area contributed by atoms with Crippen molar-refractivity contribution in [2.45, 2.75) is 76.8 Å². The maximum atomic E-state index is 12.5. The number of hydrogen-bond acceptors (Lipinski definition) is 4. The molecule has 2 bridgehead atoms. The van der Waals surface area contributed by atoms with Crippen molar-refractivity contribution in [2.24, 2.45) is 17.8 Å². The number of sulfonamides is 1. The van der Waals surface area contributed by atoms with Gasteiger partial charge in [0.1, 0.15) is 0 Å². The number of nitrogens with one attached hydrogen (secondary N) is 2. The van der Waals surface area contributed by atoms with Gasteiger partial charge in [-0.15, -0.1) is 0 Å². The van der Waals surface area contributed by atoms with Crippen molar-refractivity contribution in [3.8, 4) is 0 Å². The average Bonchev–Trinajstić information content (AvgIpc) is 3.17. The highest BCUT2D eigenvalue weighted by molar-refractivity contribution is 7.88. The summed E-state index contributed by atoms with van der Waals surface area (Å²) < 4.78 is 25.1. The third kappa shape index (κ3) is 4.32. The highest BCUT2D eigenvalue weighted by Crippen LogP contribution is 2.49. The molecular weight excluding hydrogens is 354 g/mol. The van der Waals surface area contributed by atoms with Crippen LogP contribution in [-0.4, -0.2) is 43.1 Å². The first-order chi connectivity index (χ1) is 12.3. The molecule has 0 saturated heterocycles. The van der Waals surface area contributed by atoms with Crippen LogP contribution in [0.25, 0.3) is 0 Å². The minimum atomic E-state index is -3.72. The first-order valence-corrected chi connectivity index (χ1v) is 11.7. The lowest BCUT2D eigenvalue weighted by atomic mass is 9.84. The Morgan fingerprint density at radius 1 is 1.04 bits per heavy atom. The quantitative estimate of drug-likeness (QED) is 0.778. The van der Waals surface area contributed by atoms with E-state index in [0.29, 0.717) is 24.7 Å². The van der Waals surface area contributed by atoms with Gasteiger partial charge in [-0.25, -0.2) is 22.3 Å². The van der Waals surface area contributed by atoms with Gasteiger partial charge in [-0.2, -0.15) is 0 Å². The zero-order chi connectivity index (χ0) is 18.9. The predicted molar refractivity (Wildman–Crippen MR) is 99.0 cm³/mol. The van der Waals surface area contributed by atoms with Gasteiger partial charge < -0.3 is 5.32 Å². The molecule has 0 aromatic carbocycles. The van der Waals surface area contributed by atoms with Crippen molar-refractivity contribution in [3.05, 3.63) is 0 Å². The van der Waals surface area contributed by atoms with E-state index in [1.54, 1.807) is 0 Å². The molecule has 0 heterocycles. The third-order valence-corrected chi connectivity index (χ3v) is 7.66. The Morgan fingerprint density at radius 2 is 1.73 bits per heavy atom. The summed E-state index contributed by atoms with van der Waals surface area (Å²) in [6.45, 7) is 1.98. The van der Waals surface area contributed by atoms with E-state index >= 15 is 0 Å². The van der Waals surface area contributed by atoms with Gasteiger partial charge in [0.05, 0.1) is 6.26 Å². The maximum Gasteiger partial charge on any atom is 0.339 e. The fraction of sp³-hybridized carbons (Fsp3) is 0.889. The number of amides is 4. The summed E-state index contributed by atoms with van der Waals surface area (Å²) >= 11 is 0. The molecule has 0 radical (unpaired) electrons. The van der Waals surface area contributed by atoms with E-state index in [4.69, 9.17) is 0 Å². The van der Waals surface area contributed by atoms with E-state index in [1.807, 2.05) is 6.92 Å². The Labute approximate surface area is 156 Å². The minimum absolute atomic E-state index is 0.0144. The van der Waals surface area contributed by atoms with Crippen molar-refractivity contribution < 1.29 is 18.0 Å². The SMILES string of the molecule is C[C@H](NC(=O)NC(=O)N(C1CCCCC1)S(C)(=O)=O)[C@H]1C[C@@H]2CC[C@@H]1C2. The van der Waals surface area contributed by atoms with Crippen LogP contribution < -0.4 is 10.6 Å². The van der Waals surface area contributed by atoms with Crippen LogP contribution in [0, 0.1) is 17.8 Å². The van der Waals surface area contributed by atoms with Crippen LogP contribution in [0.15, 0.2) is 0 Å². The molecule has 148 valence electrons. The zero-order valence-corrected chi connectivity index (χ0v) is 16.6. The first kappa shape index (κ1) is 19.5. The highest BCUT2D eigenvalue weighted by atomic mass is 32.2. The van der Waals surface area contributed by atoms with Crippen molar-refractivity contribution >= 4 is 22.1 Å². The van der Waals surface area contributed by atoms with Crippen LogP contribution >= 0.6 is 0 Å². The van der Waals surface area contributed by atoms with Crippen LogP contribution in [-0.2, 0) is 10.0 Å². The molecule has 0 spiro atoms. The number of nitrogens with zero attached hydrogens (tertiary/aromatic N) is 1. The Bertz CT molecular complexity index is 645. The standard InChI is InChI=1S/C18H31N3O4S/c1-12(16-11-13-8-9-14(16)10-13)19-17(22)20-18(23)21(26(2,24)25)15-6-4-3-5-7-15/h12-16H,3-11H2,1-2H3,(H2,19,20,22,23)/t12-,13+,14+,16+/m0/s1. The molecule has 4 atom stereocenters. The number of urea groups is 2. The van der Waals surface area contributed by atoms with Crippen LogP contribution in [0.2, 0.25) is 0 Å². The van der Waals surface area contributed by atoms with Crippen molar-refractivity contribution in [1.29, 1.82) is 0 Å². The smallest absolute Gasteiger partial charge is 0.335 e. The first-order valence-electron chi connectivity index (χ1n) is 9.86.